The second-order valence-corrected chi connectivity index (χ2v) is 12.4. The van der Waals surface area contributed by atoms with Crippen LogP contribution in [0.1, 0.15) is 50.4 Å². The van der Waals surface area contributed by atoms with E-state index >= 15 is 0 Å². The minimum atomic E-state index is -0.251. The Kier molecular flexibility index (Phi) is 12.6. The minimum Gasteiger partial charge on any atom is -0.396 e. The number of terminal acetylenes is 1. The van der Waals surface area contributed by atoms with Crippen LogP contribution in [0.25, 0.3) is 21.5 Å². The number of aliphatic hydroxyl groups is 1. The standard InChI is InChI=1S/C35H37N7O3S.C2H2/c1-24-18-27(23-37-22-24)31-12-13-32(46-31)33(44)39-35-38-29-20-28(41(3)34(45)26-9-6-8-25(19-26)21-36)10-11-30(29)42(35)16-7-15-40(2)14-4-5-17-43;1-2/h6,8-13,18-20,22-23,43H,4-5,7,14-17H2,1-3H3,(H,38,39,44);1-2H. The van der Waals surface area contributed by atoms with Crippen molar-refractivity contribution >= 4 is 45.8 Å². The van der Waals surface area contributed by atoms with Gasteiger partial charge in [0.05, 0.1) is 27.5 Å². The normalized spacial score (nSPS) is 10.7. The Labute approximate surface area is 285 Å². The van der Waals surface area contributed by atoms with Gasteiger partial charge in [-0.2, -0.15) is 5.26 Å². The minimum absolute atomic E-state index is 0.195. The van der Waals surface area contributed by atoms with E-state index in [9.17, 15) is 14.9 Å². The number of anilines is 2. The molecule has 0 atom stereocenters. The van der Waals surface area contributed by atoms with Crippen molar-refractivity contribution in [3.8, 4) is 29.4 Å². The Balaban J connectivity index is 0.00000255. The third-order valence-corrected chi connectivity index (χ3v) is 8.88. The maximum atomic E-state index is 13.5. The average molecular weight is 662 g/mol. The van der Waals surface area contributed by atoms with Gasteiger partial charge in [0, 0.05) is 54.3 Å². The molecule has 3 heterocycles. The predicted molar refractivity (Wildman–Crippen MR) is 192 cm³/mol. The van der Waals surface area contributed by atoms with Gasteiger partial charge in [0.25, 0.3) is 11.8 Å². The van der Waals surface area contributed by atoms with E-state index in [1.54, 1.807) is 43.7 Å². The van der Waals surface area contributed by atoms with Crippen LogP contribution in [0.15, 0.2) is 73.1 Å². The number of unbranched alkanes of at least 4 members (excludes halogenated alkanes) is 1. The number of nitrogens with zero attached hydrogens (tertiary/aromatic N) is 6. The number of rotatable bonds is 13. The molecule has 246 valence electrons. The van der Waals surface area contributed by atoms with E-state index in [0.717, 1.165) is 53.9 Å². The lowest BCUT2D eigenvalue weighted by molar-refractivity contribution is 0.0991. The van der Waals surface area contributed by atoms with Crippen molar-refractivity contribution in [3.63, 3.8) is 0 Å². The molecular formula is C37H39N7O3S. The summed E-state index contributed by atoms with van der Waals surface area (Å²) in [4.78, 5) is 41.1. The molecule has 2 aromatic carbocycles. The highest BCUT2D eigenvalue weighted by Gasteiger charge is 2.19. The highest BCUT2D eigenvalue weighted by Crippen LogP contribution is 2.30. The van der Waals surface area contributed by atoms with Gasteiger partial charge in [-0.05, 0) is 106 Å². The molecule has 0 aliphatic heterocycles. The molecule has 3 aromatic heterocycles. The number of aliphatic hydroxyl groups excluding tert-OH is 1. The van der Waals surface area contributed by atoms with Crippen molar-refractivity contribution in [2.24, 2.45) is 0 Å². The largest absolute Gasteiger partial charge is 0.396 e. The second kappa shape index (κ2) is 17.0. The predicted octanol–water partition coefficient (Wildman–Crippen LogP) is 6.21. The third-order valence-electron chi connectivity index (χ3n) is 7.75. The van der Waals surface area contributed by atoms with Gasteiger partial charge in [0.15, 0.2) is 0 Å². The van der Waals surface area contributed by atoms with Gasteiger partial charge < -0.3 is 19.5 Å². The fraction of sp³-hybridized carbons (Fsp3) is 0.270. The lowest BCUT2D eigenvalue weighted by Crippen LogP contribution is -2.26. The zero-order chi connectivity index (χ0) is 34.6. The molecule has 5 rings (SSSR count). The number of imidazole rings is 1. The number of pyridine rings is 1. The maximum absolute atomic E-state index is 13.5. The molecular weight excluding hydrogens is 623 g/mol. The van der Waals surface area contributed by atoms with Gasteiger partial charge in [-0.3, -0.25) is 19.9 Å². The van der Waals surface area contributed by atoms with E-state index in [1.807, 2.05) is 47.9 Å². The number of fused-ring (bicyclic) bond motifs is 1. The summed E-state index contributed by atoms with van der Waals surface area (Å²) in [6.07, 6.45) is 14.1. The van der Waals surface area contributed by atoms with Crippen molar-refractivity contribution in [1.29, 1.82) is 5.26 Å². The lowest BCUT2D eigenvalue weighted by Gasteiger charge is -2.18. The first kappa shape index (κ1) is 35.5. The van der Waals surface area contributed by atoms with E-state index < -0.39 is 0 Å². The molecule has 2 amide bonds. The Morgan fingerprint density at radius 1 is 1.02 bits per heavy atom. The number of thiophene rings is 1. The highest BCUT2D eigenvalue weighted by molar-refractivity contribution is 7.17. The average Bonchev–Trinajstić information content (AvgIpc) is 3.74. The number of hydrogen-bond donors (Lipinski definition) is 2. The van der Waals surface area contributed by atoms with Crippen LogP contribution in [0.4, 0.5) is 11.6 Å². The zero-order valence-corrected chi connectivity index (χ0v) is 28.2. The van der Waals surface area contributed by atoms with Gasteiger partial charge in [-0.25, -0.2) is 4.98 Å². The number of carbonyl (C=O) groups is 2. The van der Waals surface area contributed by atoms with Gasteiger partial charge >= 0.3 is 0 Å². The van der Waals surface area contributed by atoms with Crippen LogP contribution < -0.4 is 10.2 Å². The number of aromatic nitrogens is 3. The molecule has 0 aliphatic carbocycles. The molecule has 10 nitrogen and oxygen atoms in total. The molecule has 11 heteroatoms. The summed E-state index contributed by atoms with van der Waals surface area (Å²) >= 11 is 1.40. The van der Waals surface area contributed by atoms with Crippen LogP contribution in [-0.4, -0.2) is 70.1 Å². The van der Waals surface area contributed by atoms with E-state index in [-0.39, 0.29) is 18.4 Å². The summed E-state index contributed by atoms with van der Waals surface area (Å²) in [6, 6.07) is 20.1. The molecule has 0 aliphatic rings. The van der Waals surface area contributed by atoms with Gasteiger partial charge in [0.2, 0.25) is 5.95 Å². The molecule has 48 heavy (non-hydrogen) atoms. The monoisotopic (exact) mass is 661 g/mol. The fourth-order valence-corrected chi connectivity index (χ4v) is 6.14. The topological polar surface area (TPSA) is 127 Å². The Morgan fingerprint density at radius 2 is 1.81 bits per heavy atom. The van der Waals surface area contributed by atoms with Crippen LogP contribution in [0, 0.1) is 31.1 Å². The van der Waals surface area contributed by atoms with E-state index in [2.05, 4.69) is 41.2 Å². The van der Waals surface area contributed by atoms with E-state index in [1.165, 1.54) is 16.2 Å². The third kappa shape index (κ3) is 8.72. The summed E-state index contributed by atoms with van der Waals surface area (Å²) in [5, 5.41) is 21.4. The molecule has 0 radical (unpaired) electrons. The van der Waals surface area contributed by atoms with Crippen molar-refractivity contribution in [2.75, 3.05) is 44.0 Å². The molecule has 5 aromatic rings. The van der Waals surface area contributed by atoms with Gasteiger partial charge in [-0.1, -0.05) is 6.07 Å². The number of benzene rings is 2. The van der Waals surface area contributed by atoms with Crippen LogP contribution in [0.3, 0.4) is 0 Å². The zero-order valence-electron chi connectivity index (χ0n) is 27.4. The van der Waals surface area contributed by atoms with Crippen molar-refractivity contribution < 1.29 is 14.7 Å². The molecule has 0 saturated carbocycles. The molecule has 0 spiro atoms. The van der Waals surface area contributed by atoms with Crippen LogP contribution in [0.5, 0.6) is 0 Å². The Bertz CT molecular complexity index is 1940. The second-order valence-electron chi connectivity index (χ2n) is 11.3. The molecule has 2 N–H and O–H groups in total. The Hall–Kier alpha value is -5.33. The molecule has 0 fully saturated rings. The summed E-state index contributed by atoms with van der Waals surface area (Å²) in [5.74, 6) is -0.0617. The number of amides is 2. The lowest BCUT2D eigenvalue weighted by atomic mass is 10.1. The highest BCUT2D eigenvalue weighted by atomic mass is 32.1. The summed E-state index contributed by atoms with van der Waals surface area (Å²) < 4.78 is 2.01. The summed E-state index contributed by atoms with van der Waals surface area (Å²) in [6.45, 7) is 4.54. The first-order chi connectivity index (χ1) is 23.3. The van der Waals surface area contributed by atoms with Crippen LogP contribution >= 0.6 is 11.3 Å². The molecule has 0 bridgehead atoms. The smallest absolute Gasteiger partial charge is 0.268 e. The first-order valence-electron chi connectivity index (χ1n) is 15.5. The van der Waals surface area contributed by atoms with Crippen molar-refractivity contribution in [1.82, 2.24) is 19.4 Å². The maximum Gasteiger partial charge on any atom is 0.268 e. The number of aryl methyl sites for hydroxylation is 2. The first-order valence-corrected chi connectivity index (χ1v) is 16.3. The summed E-state index contributed by atoms with van der Waals surface area (Å²) in [7, 11) is 3.75. The number of nitrogens with one attached hydrogen (secondary N) is 1. The van der Waals surface area contributed by atoms with Gasteiger partial charge in [-0.15, -0.1) is 24.2 Å². The number of nitriles is 1. The van der Waals surface area contributed by atoms with Crippen LogP contribution in [-0.2, 0) is 6.54 Å². The quantitative estimate of drug-likeness (QED) is 0.113. The number of carbonyl (C=O) groups excluding carboxylic acids is 2. The fourth-order valence-electron chi connectivity index (χ4n) is 5.25. The molecule has 0 saturated heterocycles. The van der Waals surface area contributed by atoms with Crippen LogP contribution in [0.2, 0.25) is 0 Å². The van der Waals surface area contributed by atoms with Gasteiger partial charge in [0.1, 0.15) is 0 Å². The number of hydrogen-bond acceptors (Lipinski definition) is 8. The van der Waals surface area contributed by atoms with Crippen molar-refractivity contribution in [3.05, 3.63) is 94.6 Å². The SMILES string of the molecule is C#C.Cc1cncc(-c2ccc(C(=O)Nc3nc4cc(N(C)C(=O)c5cccc(C#N)c5)ccc4n3CCCN(C)CCCCO)s2)c1. The van der Waals surface area contributed by atoms with E-state index in [0.29, 0.717) is 39.7 Å². The van der Waals surface area contributed by atoms with E-state index in [4.69, 9.17) is 10.1 Å². The van der Waals surface area contributed by atoms with Crippen molar-refractivity contribution in [2.45, 2.75) is 32.7 Å². The summed E-state index contributed by atoms with van der Waals surface area (Å²) in [5.41, 5.74) is 4.97. The molecule has 0 unspecified atom stereocenters. The Morgan fingerprint density at radius 3 is 2.56 bits per heavy atom.